The summed E-state index contributed by atoms with van der Waals surface area (Å²) in [5.41, 5.74) is 1.47. The van der Waals surface area contributed by atoms with E-state index in [2.05, 4.69) is 5.32 Å². The van der Waals surface area contributed by atoms with Crippen molar-refractivity contribution in [1.29, 1.82) is 0 Å². The molecule has 0 heterocycles. The molecule has 166 valence electrons. The van der Waals surface area contributed by atoms with Crippen molar-refractivity contribution in [2.45, 2.75) is 57.7 Å². The van der Waals surface area contributed by atoms with Gasteiger partial charge in [-0.15, -0.1) is 0 Å². The van der Waals surface area contributed by atoms with Crippen LogP contribution in [0.25, 0.3) is 0 Å². The van der Waals surface area contributed by atoms with E-state index in [1.165, 1.54) is 0 Å². The third kappa shape index (κ3) is 6.14. The third-order valence-electron chi connectivity index (χ3n) is 5.77. The van der Waals surface area contributed by atoms with Crippen molar-refractivity contribution in [3.8, 4) is 5.75 Å². The van der Waals surface area contributed by atoms with Crippen LogP contribution in [0.15, 0.2) is 42.5 Å². The van der Waals surface area contributed by atoms with E-state index in [0.29, 0.717) is 15.6 Å². The Balaban J connectivity index is 1.81. The fraction of sp³-hybridized carbons (Fsp3) is 0.417. The molecule has 1 fully saturated rings. The lowest BCUT2D eigenvalue weighted by Gasteiger charge is -2.30. The highest BCUT2D eigenvalue weighted by Crippen LogP contribution is 2.27. The second-order valence-electron chi connectivity index (χ2n) is 7.91. The minimum Gasteiger partial charge on any atom is -0.497 e. The summed E-state index contributed by atoms with van der Waals surface area (Å²) in [6.07, 6.45) is 4.36. The fourth-order valence-corrected chi connectivity index (χ4v) is 4.36. The second-order valence-corrected chi connectivity index (χ2v) is 8.73. The first-order valence-electron chi connectivity index (χ1n) is 10.5. The minimum absolute atomic E-state index is 0.154. The molecule has 31 heavy (non-hydrogen) atoms. The highest BCUT2D eigenvalue weighted by Gasteiger charge is 2.29. The normalized spacial score (nSPS) is 14.8. The van der Waals surface area contributed by atoms with Crippen molar-refractivity contribution in [2.75, 3.05) is 7.11 Å². The number of benzene rings is 2. The van der Waals surface area contributed by atoms with Crippen LogP contribution in [0.1, 0.15) is 43.7 Å². The fourth-order valence-electron chi connectivity index (χ4n) is 3.85. The molecule has 1 N–H and O–H groups in total. The number of halogens is 2. The molecule has 0 aliphatic heterocycles. The van der Waals surface area contributed by atoms with Gasteiger partial charge in [0.05, 0.1) is 13.5 Å². The van der Waals surface area contributed by atoms with Gasteiger partial charge in [-0.3, -0.25) is 9.59 Å². The maximum absolute atomic E-state index is 13.3. The van der Waals surface area contributed by atoms with Crippen molar-refractivity contribution in [3.63, 3.8) is 0 Å². The summed E-state index contributed by atoms with van der Waals surface area (Å²) in [7, 11) is 1.60. The number of hydrogen-bond donors (Lipinski definition) is 1. The van der Waals surface area contributed by atoms with Gasteiger partial charge < -0.3 is 15.0 Å². The lowest BCUT2D eigenvalue weighted by Crippen LogP contribution is -2.50. The van der Waals surface area contributed by atoms with E-state index in [4.69, 9.17) is 27.9 Å². The van der Waals surface area contributed by atoms with E-state index in [9.17, 15) is 9.59 Å². The predicted molar refractivity (Wildman–Crippen MR) is 124 cm³/mol. The summed E-state index contributed by atoms with van der Waals surface area (Å²) in [5.74, 6) is 0.397. The number of nitrogens with zero attached hydrogens (tertiary/aromatic N) is 1. The van der Waals surface area contributed by atoms with Crippen molar-refractivity contribution >= 4 is 35.0 Å². The van der Waals surface area contributed by atoms with Gasteiger partial charge in [-0.2, -0.15) is 0 Å². The third-order valence-corrected chi connectivity index (χ3v) is 6.48. The number of nitrogens with one attached hydrogen (secondary N) is 1. The summed E-state index contributed by atoms with van der Waals surface area (Å²) < 4.78 is 5.18. The highest BCUT2D eigenvalue weighted by molar-refractivity contribution is 6.36. The van der Waals surface area contributed by atoms with Gasteiger partial charge in [0.1, 0.15) is 11.8 Å². The van der Waals surface area contributed by atoms with Crippen LogP contribution in [0, 0.1) is 0 Å². The molecule has 3 rings (SSSR count). The van der Waals surface area contributed by atoms with Gasteiger partial charge in [0.2, 0.25) is 11.8 Å². The van der Waals surface area contributed by atoms with Gasteiger partial charge >= 0.3 is 0 Å². The minimum atomic E-state index is -0.654. The van der Waals surface area contributed by atoms with Crippen LogP contribution in [-0.2, 0) is 22.6 Å². The zero-order valence-electron chi connectivity index (χ0n) is 17.9. The maximum Gasteiger partial charge on any atom is 0.242 e. The Hall–Kier alpha value is -2.24. The molecular formula is C24H28Cl2N2O3. The molecule has 2 aromatic rings. The molecule has 0 radical (unpaired) electrons. The molecule has 0 saturated heterocycles. The SMILES string of the molecule is COc1ccc(CC(=O)N(Cc2c(Cl)cccc2Cl)[C@@H](C)C(=O)NC2CCCC2)cc1. The molecule has 0 unspecified atom stereocenters. The average Bonchev–Trinajstić information content (AvgIpc) is 3.26. The summed E-state index contributed by atoms with van der Waals surface area (Å²) in [6, 6.07) is 12.1. The summed E-state index contributed by atoms with van der Waals surface area (Å²) >= 11 is 12.7. The van der Waals surface area contributed by atoms with Crippen molar-refractivity contribution in [3.05, 3.63) is 63.6 Å². The molecule has 0 aromatic heterocycles. The van der Waals surface area contributed by atoms with E-state index >= 15 is 0 Å². The van der Waals surface area contributed by atoms with Crippen molar-refractivity contribution in [1.82, 2.24) is 10.2 Å². The molecule has 1 saturated carbocycles. The quantitative estimate of drug-likeness (QED) is 0.598. The maximum atomic E-state index is 13.3. The van der Waals surface area contributed by atoms with Gasteiger partial charge in [0, 0.05) is 28.2 Å². The van der Waals surface area contributed by atoms with Crippen LogP contribution in [-0.4, -0.2) is 35.9 Å². The van der Waals surface area contributed by atoms with Crippen LogP contribution >= 0.6 is 23.2 Å². The van der Waals surface area contributed by atoms with Crippen LogP contribution in [0.3, 0.4) is 0 Å². The van der Waals surface area contributed by atoms with E-state index in [-0.39, 0.29) is 30.8 Å². The largest absolute Gasteiger partial charge is 0.497 e. The van der Waals surface area contributed by atoms with E-state index in [1.54, 1.807) is 37.1 Å². The van der Waals surface area contributed by atoms with Crippen LogP contribution in [0.4, 0.5) is 0 Å². The van der Waals surface area contributed by atoms with Gasteiger partial charge in [0.25, 0.3) is 0 Å². The first-order valence-corrected chi connectivity index (χ1v) is 11.3. The van der Waals surface area contributed by atoms with Crippen LogP contribution < -0.4 is 10.1 Å². The Morgan fingerprint density at radius 1 is 1.10 bits per heavy atom. The first-order chi connectivity index (χ1) is 14.9. The van der Waals surface area contributed by atoms with Gasteiger partial charge in [0.15, 0.2) is 0 Å². The molecule has 7 heteroatoms. The molecule has 0 spiro atoms. The smallest absolute Gasteiger partial charge is 0.242 e. The lowest BCUT2D eigenvalue weighted by molar-refractivity contribution is -0.140. The Bertz CT molecular complexity index is 891. The van der Waals surface area contributed by atoms with Gasteiger partial charge in [-0.25, -0.2) is 0 Å². The Morgan fingerprint density at radius 3 is 2.29 bits per heavy atom. The number of carbonyl (C=O) groups is 2. The zero-order valence-corrected chi connectivity index (χ0v) is 19.4. The van der Waals surface area contributed by atoms with Gasteiger partial charge in [-0.05, 0) is 49.6 Å². The highest BCUT2D eigenvalue weighted by atomic mass is 35.5. The zero-order chi connectivity index (χ0) is 22.4. The van der Waals surface area contributed by atoms with Crippen LogP contribution in [0.5, 0.6) is 5.75 Å². The van der Waals surface area contributed by atoms with E-state index in [0.717, 1.165) is 37.0 Å². The lowest BCUT2D eigenvalue weighted by atomic mass is 10.1. The standard InChI is InChI=1S/C24H28Cl2N2O3/c1-16(24(30)27-18-6-3-4-7-18)28(15-20-21(25)8-5-9-22(20)26)23(29)14-17-10-12-19(31-2)13-11-17/h5,8-13,16,18H,3-4,6-7,14-15H2,1-2H3,(H,27,30)/t16-/m0/s1. The first kappa shape index (κ1) is 23.4. The van der Waals surface area contributed by atoms with Crippen molar-refractivity contribution in [2.24, 2.45) is 0 Å². The molecule has 1 aliphatic rings. The Kier molecular flexibility index (Phi) is 8.22. The number of rotatable bonds is 8. The van der Waals surface area contributed by atoms with E-state index < -0.39 is 6.04 Å². The molecule has 5 nitrogen and oxygen atoms in total. The molecule has 1 aliphatic carbocycles. The Labute approximate surface area is 193 Å². The molecule has 2 aromatic carbocycles. The van der Waals surface area contributed by atoms with Gasteiger partial charge in [-0.1, -0.05) is 54.2 Å². The monoisotopic (exact) mass is 462 g/mol. The number of hydrogen-bond acceptors (Lipinski definition) is 3. The molecular weight excluding hydrogens is 435 g/mol. The number of ether oxygens (including phenoxy) is 1. The summed E-state index contributed by atoms with van der Waals surface area (Å²) in [6.45, 7) is 1.91. The Morgan fingerprint density at radius 2 is 1.71 bits per heavy atom. The second kappa shape index (κ2) is 10.9. The number of carbonyl (C=O) groups excluding carboxylic acids is 2. The van der Waals surface area contributed by atoms with Crippen LogP contribution in [0.2, 0.25) is 10.0 Å². The summed E-state index contributed by atoms with van der Waals surface area (Å²) in [4.78, 5) is 27.8. The van der Waals surface area contributed by atoms with E-state index in [1.807, 2.05) is 24.3 Å². The molecule has 2 amide bonds. The predicted octanol–water partition coefficient (Wildman–Crippen LogP) is 5.02. The summed E-state index contributed by atoms with van der Waals surface area (Å²) in [5, 5.41) is 4.03. The molecule has 0 bridgehead atoms. The topological polar surface area (TPSA) is 58.6 Å². The number of methoxy groups -OCH3 is 1. The average molecular weight is 463 g/mol. The van der Waals surface area contributed by atoms with Crippen molar-refractivity contribution < 1.29 is 14.3 Å². The molecule has 1 atom stereocenters. The number of amides is 2.